The second-order valence-corrected chi connectivity index (χ2v) is 7.13. The fourth-order valence-electron chi connectivity index (χ4n) is 3.42. The normalized spacial score (nSPS) is 14.5. The number of aryl methyl sites for hydroxylation is 1. The molecule has 4 rings (SSSR count). The predicted molar refractivity (Wildman–Crippen MR) is 108 cm³/mol. The van der Waals surface area contributed by atoms with Crippen LogP contribution in [0.4, 0.5) is 11.4 Å². The molecule has 6 heteroatoms. The number of carbonyl (C=O) groups excluding carboxylic acids is 1. The van der Waals surface area contributed by atoms with Crippen molar-refractivity contribution in [3.8, 4) is 0 Å². The molecule has 1 aromatic heterocycles. The SMILES string of the molecule is Cc1ccc2c(CC(=O)Nc3cccc(Cl)c3N3CCOCC3)coc2c1. The standard InChI is InChI=1S/C21H21ClN2O3/c1-14-5-6-16-15(13-27-19(16)11-14)12-20(25)23-18-4-2-3-17(22)21(18)24-7-9-26-10-8-24/h2-6,11,13H,7-10,12H2,1H3,(H,23,25). The number of rotatable bonds is 4. The molecule has 1 saturated heterocycles. The molecule has 1 fully saturated rings. The van der Waals surface area contributed by atoms with Gasteiger partial charge in [0, 0.05) is 24.0 Å². The maximum atomic E-state index is 12.7. The molecule has 0 aliphatic carbocycles. The lowest BCUT2D eigenvalue weighted by Crippen LogP contribution is -2.37. The second kappa shape index (κ2) is 7.62. The van der Waals surface area contributed by atoms with Crippen LogP contribution in [0.5, 0.6) is 0 Å². The highest BCUT2D eigenvalue weighted by Crippen LogP contribution is 2.34. The first-order valence-corrected chi connectivity index (χ1v) is 9.37. The fraction of sp³-hybridized carbons (Fsp3) is 0.286. The average Bonchev–Trinajstić information content (AvgIpc) is 3.04. The molecule has 3 aromatic rings. The van der Waals surface area contributed by atoms with E-state index in [0.29, 0.717) is 18.2 Å². The third-order valence-electron chi connectivity index (χ3n) is 4.75. The molecule has 2 aromatic carbocycles. The van der Waals surface area contributed by atoms with Crippen LogP contribution in [0.25, 0.3) is 11.0 Å². The van der Waals surface area contributed by atoms with Gasteiger partial charge in [-0.25, -0.2) is 0 Å². The van der Waals surface area contributed by atoms with Gasteiger partial charge in [0.15, 0.2) is 0 Å². The Balaban J connectivity index is 1.55. The van der Waals surface area contributed by atoms with E-state index >= 15 is 0 Å². The second-order valence-electron chi connectivity index (χ2n) is 6.72. The molecule has 1 aliphatic rings. The number of morpholine rings is 1. The molecule has 0 spiro atoms. The number of hydrogen-bond donors (Lipinski definition) is 1. The first-order chi connectivity index (χ1) is 13.1. The lowest BCUT2D eigenvalue weighted by Gasteiger charge is -2.31. The summed E-state index contributed by atoms with van der Waals surface area (Å²) in [6, 6.07) is 11.6. The highest BCUT2D eigenvalue weighted by atomic mass is 35.5. The minimum absolute atomic E-state index is 0.102. The summed E-state index contributed by atoms with van der Waals surface area (Å²) in [5, 5.41) is 4.61. The topological polar surface area (TPSA) is 54.7 Å². The summed E-state index contributed by atoms with van der Waals surface area (Å²) in [4.78, 5) is 14.8. The molecule has 0 bridgehead atoms. The van der Waals surface area contributed by atoms with Crippen molar-refractivity contribution in [3.63, 3.8) is 0 Å². The van der Waals surface area contributed by atoms with Crippen molar-refractivity contribution in [1.29, 1.82) is 0 Å². The number of ether oxygens (including phenoxy) is 1. The first-order valence-electron chi connectivity index (χ1n) is 8.99. The van der Waals surface area contributed by atoms with Crippen molar-refractivity contribution in [1.82, 2.24) is 0 Å². The van der Waals surface area contributed by atoms with Crippen LogP contribution < -0.4 is 10.2 Å². The summed E-state index contributed by atoms with van der Waals surface area (Å²) in [6.45, 7) is 4.81. The van der Waals surface area contributed by atoms with Gasteiger partial charge in [0.05, 0.1) is 42.3 Å². The summed E-state index contributed by atoms with van der Waals surface area (Å²) in [5.41, 5.74) is 4.37. The minimum atomic E-state index is -0.102. The third kappa shape index (κ3) is 3.80. The maximum Gasteiger partial charge on any atom is 0.228 e. The van der Waals surface area contributed by atoms with E-state index < -0.39 is 0 Å². The number of anilines is 2. The van der Waals surface area contributed by atoms with Crippen LogP contribution in [0.15, 0.2) is 47.1 Å². The van der Waals surface area contributed by atoms with Gasteiger partial charge in [-0.2, -0.15) is 0 Å². The van der Waals surface area contributed by atoms with Crippen molar-refractivity contribution in [2.24, 2.45) is 0 Å². The average molecular weight is 385 g/mol. The van der Waals surface area contributed by atoms with Gasteiger partial charge in [0.2, 0.25) is 5.91 Å². The Morgan fingerprint density at radius 3 is 2.85 bits per heavy atom. The fourth-order valence-corrected chi connectivity index (χ4v) is 3.71. The molecule has 1 amide bonds. The van der Waals surface area contributed by atoms with Gasteiger partial charge in [0.1, 0.15) is 5.58 Å². The van der Waals surface area contributed by atoms with Gasteiger partial charge in [0.25, 0.3) is 0 Å². The van der Waals surface area contributed by atoms with Crippen LogP contribution in [-0.2, 0) is 16.0 Å². The van der Waals surface area contributed by atoms with Crippen molar-refractivity contribution >= 4 is 39.9 Å². The number of carbonyl (C=O) groups is 1. The van der Waals surface area contributed by atoms with Crippen molar-refractivity contribution in [2.75, 3.05) is 36.5 Å². The molecule has 140 valence electrons. The lowest BCUT2D eigenvalue weighted by molar-refractivity contribution is -0.115. The molecule has 0 unspecified atom stereocenters. The van der Waals surface area contributed by atoms with E-state index in [1.165, 1.54) is 0 Å². The molecule has 0 radical (unpaired) electrons. The zero-order valence-electron chi connectivity index (χ0n) is 15.1. The molecule has 0 atom stereocenters. The Kier molecular flexibility index (Phi) is 5.05. The van der Waals surface area contributed by atoms with Crippen molar-refractivity contribution < 1.29 is 13.9 Å². The smallest absolute Gasteiger partial charge is 0.228 e. The molecule has 0 saturated carbocycles. The number of fused-ring (bicyclic) bond motifs is 1. The van der Waals surface area contributed by atoms with Gasteiger partial charge >= 0.3 is 0 Å². The Morgan fingerprint density at radius 2 is 2.04 bits per heavy atom. The zero-order valence-corrected chi connectivity index (χ0v) is 15.9. The Hall–Kier alpha value is -2.50. The van der Waals surface area contributed by atoms with E-state index in [9.17, 15) is 4.79 Å². The van der Waals surface area contributed by atoms with E-state index in [-0.39, 0.29) is 12.3 Å². The van der Waals surface area contributed by atoms with Gasteiger partial charge in [-0.15, -0.1) is 0 Å². The monoisotopic (exact) mass is 384 g/mol. The number of amides is 1. The van der Waals surface area contributed by atoms with E-state index in [4.69, 9.17) is 20.8 Å². The third-order valence-corrected chi connectivity index (χ3v) is 5.06. The van der Waals surface area contributed by atoms with Gasteiger partial charge in [-0.3, -0.25) is 4.79 Å². The quantitative estimate of drug-likeness (QED) is 0.723. The van der Waals surface area contributed by atoms with Gasteiger partial charge in [-0.05, 0) is 30.7 Å². The van der Waals surface area contributed by atoms with E-state index in [1.807, 2.05) is 43.3 Å². The van der Waals surface area contributed by atoms with Crippen LogP contribution in [0.2, 0.25) is 5.02 Å². The summed E-state index contributed by atoms with van der Waals surface area (Å²) in [5.74, 6) is -0.102. The first kappa shape index (κ1) is 17.9. The summed E-state index contributed by atoms with van der Waals surface area (Å²) >= 11 is 6.43. The Bertz CT molecular complexity index is 977. The van der Waals surface area contributed by atoms with Crippen molar-refractivity contribution in [3.05, 3.63) is 58.8 Å². The molecule has 5 nitrogen and oxygen atoms in total. The molecule has 2 heterocycles. The number of benzene rings is 2. The van der Waals surface area contributed by atoms with Crippen LogP contribution in [0.3, 0.4) is 0 Å². The highest BCUT2D eigenvalue weighted by molar-refractivity contribution is 6.34. The van der Waals surface area contributed by atoms with Crippen molar-refractivity contribution in [2.45, 2.75) is 13.3 Å². The number of hydrogen-bond acceptors (Lipinski definition) is 4. The van der Waals surface area contributed by atoms with Crippen LogP contribution in [0, 0.1) is 6.92 Å². The van der Waals surface area contributed by atoms with E-state index in [2.05, 4.69) is 10.2 Å². The summed E-state index contributed by atoms with van der Waals surface area (Å²) in [7, 11) is 0. The molecule has 27 heavy (non-hydrogen) atoms. The zero-order chi connectivity index (χ0) is 18.8. The van der Waals surface area contributed by atoms with Crippen LogP contribution >= 0.6 is 11.6 Å². The number of para-hydroxylation sites is 1. The minimum Gasteiger partial charge on any atom is -0.464 e. The van der Waals surface area contributed by atoms with Gasteiger partial charge < -0.3 is 19.4 Å². The molecule has 1 N–H and O–H groups in total. The number of furan rings is 1. The number of halogens is 1. The van der Waals surface area contributed by atoms with Crippen LogP contribution in [0.1, 0.15) is 11.1 Å². The molecule has 1 aliphatic heterocycles. The summed E-state index contributed by atoms with van der Waals surface area (Å²) < 4.78 is 11.0. The lowest BCUT2D eigenvalue weighted by atomic mass is 10.1. The van der Waals surface area contributed by atoms with E-state index in [0.717, 1.165) is 46.6 Å². The highest BCUT2D eigenvalue weighted by Gasteiger charge is 2.19. The summed E-state index contributed by atoms with van der Waals surface area (Å²) in [6.07, 6.45) is 1.90. The predicted octanol–water partition coefficient (Wildman–Crippen LogP) is 4.41. The van der Waals surface area contributed by atoms with Crippen LogP contribution in [-0.4, -0.2) is 32.2 Å². The Labute approximate surface area is 162 Å². The van der Waals surface area contributed by atoms with E-state index in [1.54, 1.807) is 6.26 Å². The number of nitrogens with one attached hydrogen (secondary N) is 1. The number of nitrogens with zero attached hydrogens (tertiary/aromatic N) is 1. The molecular weight excluding hydrogens is 364 g/mol. The maximum absolute atomic E-state index is 12.7. The van der Waals surface area contributed by atoms with Gasteiger partial charge in [-0.1, -0.05) is 29.8 Å². The molecular formula is C21H21ClN2O3. The Morgan fingerprint density at radius 1 is 1.22 bits per heavy atom. The largest absolute Gasteiger partial charge is 0.464 e.